The van der Waals surface area contributed by atoms with Crippen LogP contribution in [0.15, 0.2) is 59.1 Å². The Kier molecular flexibility index (Phi) is 5.84. The average molecular weight is 418 g/mol. The maximum atomic E-state index is 12.9. The van der Waals surface area contributed by atoms with Gasteiger partial charge in [0.2, 0.25) is 17.6 Å². The topological polar surface area (TPSA) is 88.3 Å². The Labute approximate surface area is 181 Å². The average Bonchev–Trinajstić information content (AvgIpc) is 3.41. The van der Waals surface area contributed by atoms with E-state index >= 15 is 0 Å². The molecule has 31 heavy (non-hydrogen) atoms. The summed E-state index contributed by atoms with van der Waals surface area (Å²) in [5, 5.41) is 7.23. The fourth-order valence-electron chi connectivity index (χ4n) is 4.17. The molecule has 1 N–H and O–H groups in total. The van der Waals surface area contributed by atoms with Crippen molar-refractivity contribution in [2.75, 3.05) is 14.1 Å². The molecule has 0 radical (unpaired) electrons. The van der Waals surface area contributed by atoms with E-state index in [-0.39, 0.29) is 29.7 Å². The van der Waals surface area contributed by atoms with E-state index in [4.69, 9.17) is 4.52 Å². The van der Waals surface area contributed by atoms with Gasteiger partial charge in [0.25, 0.3) is 5.91 Å². The van der Waals surface area contributed by atoms with E-state index in [2.05, 4.69) is 15.5 Å². The Morgan fingerprint density at radius 2 is 1.84 bits per heavy atom. The molecule has 4 rings (SSSR count). The molecule has 3 aromatic rings. The molecule has 3 atom stereocenters. The predicted molar refractivity (Wildman–Crippen MR) is 116 cm³/mol. The molecule has 0 saturated heterocycles. The van der Waals surface area contributed by atoms with Crippen molar-refractivity contribution in [2.45, 2.75) is 31.7 Å². The first-order chi connectivity index (χ1) is 14.9. The number of hydrogen-bond donors (Lipinski definition) is 1. The molecule has 7 heteroatoms. The van der Waals surface area contributed by atoms with Gasteiger partial charge in [-0.2, -0.15) is 4.98 Å². The summed E-state index contributed by atoms with van der Waals surface area (Å²) in [5.74, 6) is 0.381. The van der Waals surface area contributed by atoms with Crippen LogP contribution in [0.2, 0.25) is 0 Å². The van der Waals surface area contributed by atoms with Gasteiger partial charge in [0, 0.05) is 37.2 Å². The summed E-state index contributed by atoms with van der Waals surface area (Å²) in [4.78, 5) is 31.7. The highest BCUT2D eigenvalue weighted by molar-refractivity contribution is 5.94. The van der Waals surface area contributed by atoms with Crippen LogP contribution in [0.4, 0.5) is 0 Å². The van der Waals surface area contributed by atoms with Crippen molar-refractivity contribution in [1.29, 1.82) is 0 Å². The summed E-state index contributed by atoms with van der Waals surface area (Å²) in [6.07, 6.45) is 1.08. The number of nitrogens with zero attached hydrogens (tertiary/aromatic N) is 3. The first kappa shape index (κ1) is 20.8. The lowest BCUT2D eigenvalue weighted by Crippen LogP contribution is -2.37. The number of carbonyl (C=O) groups is 2. The van der Waals surface area contributed by atoms with Crippen LogP contribution < -0.4 is 5.32 Å². The number of aryl methyl sites for hydroxylation is 1. The van der Waals surface area contributed by atoms with Gasteiger partial charge in [-0.1, -0.05) is 53.2 Å². The van der Waals surface area contributed by atoms with Gasteiger partial charge in [-0.3, -0.25) is 9.59 Å². The monoisotopic (exact) mass is 418 g/mol. The molecule has 2 aromatic carbocycles. The minimum atomic E-state index is -0.272. The highest BCUT2D eigenvalue weighted by Crippen LogP contribution is 2.39. The third kappa shape index (κ3) is 4.50. The van der Waals surface area contributed by atoms with Gasteiger partial charge in [0.05, 0.1) is 5.92 Å². The lowest BCUT2D eigenvalue weighted by atomic mass is 10.0. The fourth-order valence-corrected chi connectivity index (χ4v) is 4.17. The maximum absolute atomic E-state index is 12.9. The predicted octanol–water partition coefficient (Wildman–Crippen LogP) is 3.43. The van der Waals surface area contributed by atoms with Crippen molar-refractivity contribution in [3.05, 3.63) is 71.6 Å². The number of aromatic nitrogens is 2. The summed E-state index contributed by atoms with van der Waals surface area (Å²) in [6, 6.07) is 16.8. The van der Waals surface area contributed by atoms with Crippen LogP contribution in [0.3, 0.4) is 0 Å². The summed E-state index contributed by atoms with van der Waals surface area (Å²) >= 11 is 0. The molecule has 7 nitrogen and oxygen atoms in total. The van der Waals surface area contributed by atoms with Crippen LogP contribution in [-0.4, -0.2) is 47.0 Å². The van der Waals surface area contributed by atoms with Crippen LogP contribution >= 0.6 is 0 Å². The van der Waals surface area contributed by atoms with E-state index in [1.807, 2.05) is 55.5 Å². The zero-order valence-corrected chi connectivity index (χ0v) is 17.9. The smallest absolute Gasteiger partial charge is 0.251 e. The third-order valence-electron chi connectivity index (χ3n) is 5.74. The molecule has 1 heterocycles. The van der Waals surface area contributed by atoms with Crippen LogP contribution in [0.25, 0.3) is 11.4 Å². The van der Waals surface area contributed by atoms with Crippen LogP contribution in [0.5, 0.6) is 0 Å². The van der Waals surface area contributed by atoms with Gasteiger partial charge in [-0.15, -0.1) is 0 Å². The van der Waals surface area contributed by atoms with Gasteiger partial charge >= 0.3 is 0 Å². The van der Waals surface area contributed by atoms with E-state index in [9.17, 15) is 9.59 Å². The van der Waals surface area contributed by atoms with Crippen molar-refractivity contribution < 1.29 is 14.1 Å². The molecular weight excluding hydrogens is 392 g/mol. The third-order valence-corrected chi connectivity index (χ3v) is 5.74. The lowest BCUT2D eigenvalue weighted by molar-refractivity contribution is -0.132. The maximum Gasteiger partial charge on any atom is 0.251 e. The number of nitrogens with one attached hydrogen (secondary N) is 1. The number of carbonyl (C=O) groups excluding carboxylic acids is 2. The molecule has 1 aromatic heterocycles. The lowest BCUT2D eigenvalue weighted by Gasteiger charge is -2.18. The zero-order chi connectivity index (χ0) is 22.0. The summed E-state index contributed by atoms with van der Waals surface area (Å²) in [6.45, 7) is 1.95. The SMILES string of the molecule is Cc1cccc(C(=O)N[C@H]2C[C@H](C(=O)N(C)C)C[C@H]2c2nc(-c3ccccc3)no2)c1. The van der Waals surface area contributed by atoms with Gasteiger partial charge in [-0.05, 0) is 31.9 Å². The Bertz CT molecular complexity index is 1080. The highest BCUT2D eigenvalue weighted by Gasteiger charge is 2.43. The summed E-state index contributed by atoms with van der Waals surface area (Å²) < 4.78 is 5.59. The first-order valence-electron chi connectivity index (χ1n) is 10.4. The second kappa shape index (κ2) is 8.71. The van der Waals surface area contributed by atoms with Gasteiger partial charge in [0.1, 0.15) is 0 Å². The molecule has 1 saturated carbocycles. The van der Waals surface area contributed by atoms with Gasteiger partial charge < -0.3 is 14.7 Å². The minimum absolute atomic E-state index is 0.0418. The standard InChI is InChI=1S/C24H26N4O3/c1-15-8-7-11-17(12-15)22(29)25-20-14-18(24(30)28(2)3)13-19(20)23-26-21(27-31-23)16-9-5-4-6-10-16/h4-12,18-20H,13-14H2,1-3H3,(H,25,29)/t18-,19-,20+/m1/s1. The second-order valence-corrected chi connectivity index (χ2v) is 8.28. The van der Waals surface area contributed by atoms with E-state index in [1.165, 1.54) is 0 Å². The number of amides is 2. The van der Waals surface area contributed by atoms with Crippen molar-refractivity contribution in [3.63, 3.8) is 0 Å². The van der Waals surface area contributed by atoms with Crippen molar-refractivity contribution in [1.82, 2.24) is 20.4 Å². The number of hydrogen-bond acceptors (Lipinski definition) is 5. The summed E-state index contributed by atoms with van der Waals surface area (Å²) in [7, 11) is 3.49. The molecule has 1 fully saturated rings. The molecule has 1 aliphatic rings. The van der Waals surface area contributed by atoms with Crippen molar-refractivity contribution in [3.8, 4) is 11.4 Å². The molecule has 0 unspecified atom stereocenters. The number of benzene rings is 2. The van der Waals surface area contributed by atoms with Gasteiger partial charge in [-0.25, -0.2) is 0 Å². The molecule has 160 valence electrons. The van der Waals surface area contributed by atoms with E-state index in [0.717, 1.165) is 11.1 Å². The largest absolute Gasteiger partial charge is 0.349 e. The van der Waals surface area contributed by atoms with E-state index in [0.29, 0.717) is 30.1 Å². The second-order valence-electron chi connectivity index (χ2n) is 8.28. The van der Waals surface area contributed by atoms with E-state index < -0.39 is 0 Å². The molecule has 0 bridgehead atoms. The fraction of sp³-hybridized carbons (Fsp3) is 0.333. The minimum Gasteiger partial charge on any atom is -0.349 e. The molecule has 0 spiro atoms. The Balaban J connectivity index is 1.59. The van der Waals surface area contributed by atoms with Gasteiger partial charge in [0.15, 0.2) is 0 Å². The zero-order valence-electron chi connectivity index (χ0n) is 17.9. The molecule has 1 aliphatic carbocycles. The highest BCUT2D eigenvalue weighted by atomic mass is 16.5. The normalized spacial score (nSPS) is 20.4. The van der Waals surface area contributed by atoms with Crippen molar-refractivity contribution >= 4 is 11.8 Å². The van der Waals surface area contributed by atoms with Crippen molar-refractivity contribution in [2.24, 2.45) is 5.92 Å². The van der Waals surface area contributed by atoms with E-state index in [1.54, 1.807) is 25.1 Å². The van der Waals surface area contributed by atoms with Crippen LogP contribution in [0, 0.1) is 12.8 Å². The van der Waals surface area contributed by atoms with Crippen LogP contribution in [0.1, 0.15) is 40.6 Å². The molecular formula is C24H26N4O3. The number of rotatable bonds is 5. The Morgan fingerprint density at radius 1 is 1.06 bits per heavy atom. The summed E-state index contributed by atoms with van der Waals surface area (Å²) in [5.41, 5.74) is 2.47. The van der Waals surface area contributed by atoms with Crippen LogP contribution in [-0.2, 0) is 4.79 Å². The Hall–Kier alpha value is -3.48. The molecule has 0 aliphatic heterocycles. The first-order valence-corrected chi connectivity index (χ1v) is 10.4. The Morgan fingerprint density at radius 3 is 2.55 bits per heavy atom. The molecule has 2 amide bonds. The quantitative estimate of drug-likeness (QED) is 0.686.